The van der Waals surface area contributed by atoms with Gasteiger partial charge in [0.05, 0.1) is 29.0 Å². The molecule has 34 heavy (non-hydrogen) atoms. The van der Waals surface area contributed by atoms with Gasteiger partial charge in [-0.15, -0.1) is 0 Å². The number of nitrogens with zero attached hydrogens (tertiary/aromatic N) is 3. The standard InChI is InChI=1S/C25H29ClN4O3S/c1-4-9-33-25-20(14-27)12-22(13-23(25)26)30-8-7-19-11-18(5-6-24(19)30)10-17(2)29-15-21(16-29)28-34(3,31)32/h5-8,11-13,17,21,28H,4,9-10,15-16H2,1-3H3. The molecular formula is C25H29ClN4O3S. The largest absolute Gasteiger partial charge is 0.491 e. The summed E-state index contributed by atoms with van der Waals surface area (Å²) >= 11 is 6.46. The van der Waals surface area contributed by atoms with Crippen LogP contribution in [0.25, 0.3) is 16.6 Å². The first kappa shape index (κ1) is 24.6. The molecule has 0 spiro atoms. The van der Waals surface area contributed by atoms with E-state index in [1.807, 2.05) is 23.8 Å². The second-order valence-electron chi connectivity index (χ2n) is 8.94. The van der Waals surface area contributed by atoms with Crippen LogP contribution in [0.3, 0.4) is 0 Å². The van der Waals surface area contributed by atoms with Gasteiger partial charge in [-0.25, -0.2) is 13.1 Å². The maximum atomic E-state index is 11.4. The normalized spacial score (nSPS) is 15.7. The molecule has 1 atom stereocenters. The molecule has 0 saturated carbocycles. The van der Waals surface area contributed by atoms with Crippen molar-refractivity contribution in [2.45, 2.75) is 38.8 Å². The predicted octanol–water partition coefficient (Wildman–Crippen LogP) is 4.11. The van der Waals surface area contributed by atoms with Crippen molar-refractivity contribution in [3.8, 4) is 17.5 Å². The van der Waals surface area contributed by atoms with E-state index < -0.39 is 10.0 Å². The van der Waals surface area contributed by atoms with Gasteiger partial charge in [0.25, 0.3) is 0 Å². The molecule has 1 aliphatic rings. The molecule has 1 fully saturated rings. The summed E-state index contributed by atoms with van der Waals surface area (Å²) in [5, 5.41) is 11.1. The summed E-state index contributed by atoms with van der Waals surface area (Å²) < 4.78 is 33.1. The molecule has 7 nitrogen and oxygen atoms in total. The molecule has 1 N–H and O–H groups in total. The fourth-order valence-corrected chi connectivity index (χ4v) is 5.44. The SMILES string of the molecule is CCCOc1c(Cl)cc(-n2ccc3cc(CC(C)N4CC(NS(C)(=O)=O)C4)ccc32)cc1C#N. The van der Waals surface area contributed by atoms with Crippen molar-refractivity contribution in [3.05, 3.63) is 58.7 Å². The van der Waals surface area contributed by atoms with Crippen LogP contribution in [0.4, 0.5) is 0 Å². The fourth-order valence-electron chi connectivity index (χ4n) is 4.42. The maximum absolute atomic E-state index is 11.4. The Hall–Kier alpha value is -2.57. The van der Waals surface area contributed by atoms with Gasteiger partial charge in [0, 0.05) is 42.4 Å². The van der Waals surface area contributed by atoms with E-state index in [-0.39, 0.29) is 6.04 Å². The average Bonchev–Trinajstić information content (AvgIpc) is 3.17. The van der Waals surface area contributed by atoms with Crippen molar-refractivity contribution >= 4 is 32.5 Å². The van der Waals surface area contributed by atoms with E-state index in [0.29, 0.717) is 29.0 Å². The van der Waals surface area contributed by atoms with Crippen molar-refractivity contribution in [1.29, 1.82) is 5.26 Å². The number of fused-ring (bicyclic) bond motifs is 1. The lowest BCUT2D eigenvalue weighted by Gasteiger charge is -2.43. The second kappa shape index (κ2) is 9.96. The van der Waals surface area contributed by atoms with Gasteiger partial charge in [-0.3, -0.25) is 4.90 Å². The molecule has 1 aromatic heterocycles. The zero-order chi connectivity index (χ0) is 24.5. The summed E-state index contributed by atoms with van der Waals surface area (Å²) in [5.74, 6) is 0.433. The Morgan fingerprint density at radius 1 is 1.26 bits per heavy atom. The summed E-state index contributed by atoms with van der Waals surface area (Å²) in [4.78, 5) is 2.28. The molecule has 1 saturated heterocycles. The number of benzene rings is 2. The van der Waals surface area contributed by atoms with Gasteiger partial charge in [0.15, 0.2) is 5.75 Å². The van der Waals surface area contributed by atoms with E-state index in [9.17, 15) is 13.7 Å². The van der Waals surface area contributed by atoms with Gasteiger partial charge in [0.2, 0.25) is 10.0 Å². The van der Waals surface area contributed by atoms with Crippen LogP contribution in [0.2, 0.25) is 5.02 Å². The first-order chi connectivity index (χ1) is 16.2. The zero-order valence-corrected chi connectivity index (χ0v) is 21.2. The topological polar surface area (TPSA) is 87.4 Å². The number of aromatic nitrogens is 1. The van der Waals surface area contributed by atoms with Crippen LogP contribution >= 0.6 is 11.6 Å². The molecule has 4 rings (SSSR count). The molecule has 2 heterocycles. The van der Waals surface area contributed by atoms with E-state index >= 15 is 0 Å². The Labute approximate surface area is 205 Å². The fraction of sp³-hybridized carbons (Fsp3) is 0.400. The van der Waals surface area contributed by atoms with Gasteiger partial charge in [-0.05, 0) is 55.7 Å². The molecule has 2 aromatic carbocycles. The van der Waals surface area contributed by atoms with E-state index in [4.69, 9.17) is 16.3 Å². The Balaban J connectivity index is 1.50. The Bertz CT molecular complexity index is 1340. The molecular weight excluding hydrogens is 472 g/mol. The van der Waals surface area contributed by atoms with Gasteiger partial charge in [-0.1, -0.05) is 24.6 Å². The monoisotopic (exact) mass is 500 g/mol. The van der Waals surface area contributed by atoms with Gasteiger partial charge >= 0.3 is 0 Å². The first-order valence-corrected chi connectivity index (χ1v) is 13.6. The summed E-state index contributed by atoms with van der Waals surface area (Å²) in [6.45, 7) is 6.14. The minimum Gasteiger partial charge on any atom is -0.491 e. The highest BCUT2D eigenvalue weighted by Gasteiger charge is 2.31. The van der Waals surface area contributed by atoms with Crippen molar-refractivity contribution < 1.29 is 13.2 Å². The van der Waals surface area contributed by atoms with E-state index in [2.05, 4.69) is 46.9 Å². The smallest absolute Gasteiger partial charge is 0.209 e. The summed E-state index contributed by atoms with van der Waals surface area (Å²) in [6, 6.07) is 14.6. The maximum Gasteiger partial charge on any atom is 0.209 e. The molecule has 1 aliphatic heterocycles. The van der Waals surface area contributed by atoms with Crippen molar-refractivity contribution in [2.24, 2.45) is 0 Å². The zero-order valence-electron chi connectivity index (χ0n) is 19.6. The third-order valence-corrected chi connectivity index (χ3v) is 7.12. The highest BCUT2D eigenvalue weighted by molar-refractivity contribution is 7.88. The van der Waals surface area contributed by atoms with Crippen LogP contribution in [0.1, 0.15) is 31.4 Å². The van der Waals surface area contributed by atoms with Gasteiger partial charge < -0.3 is 9.30 Å². The minimum absolute atomic E-state index is 0.00199. The third kappa shape index (κ3) is 5.39. The lowest BCUT2D eigenvalue weighted by molar-refractivity contribution is 0.0952. The number of nitriles is 1. The van der Waals surface area contributed by atoms with Gasteiger partial charge in [-0.2, -0.15) is 5.26 Å². The average molecular weight is 501 g/mol. The number of halogens is 1. The molecule has 0 radical (unpaired) electrons. The third-order valence-electron chi connectivity index (χ3n) is 6.08. The number of rotatable bonds is 9. The van der Waals surface area contributed by atoms with Crippen molar-refractivity contribution in [3.63, 3.8) is 0 Å². The number of sulfonamides is 1. The van der Waals surface area contributed by atoms with Crippen LogP contribution in [0.5, 0.6) is 5.75 Å². The molecule has 0 bridgehead atoms. The van der Waals surface area contributed by atoms with Gasteiger partial charge in [0.1, 0.15) is 6.07 Å². The quantitative estimate of drug-likeness (QED) is 0.477. The lowest BCUT2D eigenvalue weighted by Crippen LogP contribution is -2.61. The highest BCUT2D eigenvalue weighted by atomic mass is 35.5. The predicted molar refractivity (Wildman–Crippen MR) is 135 cm³/mol. The number of ether oxygens (including phenoxy) is 1. The summed E-state index contributed by atoms with van der Waals surface area (Å²) in [5.41, 5.74) is 3.48. The van der Waals surface area contributed by atoms with Crippen LogP contribution < -0.4 is 9.46 Å². The number of likely N-dealkylation sites (tertiary alicyclic amines) is 1. The van der Waals surface area contributed by atoms with Crippen molar-refractivity contribution in [2.75, 3.05) is 26.0 Å². The Morgan fingerprint density at radius 2 is 2.03 bits per heavy atom. The Kier molecular flexibility index (Phi) is 7.20. The van der Waals surface area contributed by atoms with Crippen LogP contribution in [0.15, 0.2) is 42.6 Å². The van der Waals surface area contributed by atoms with Crippen molar-refractivity contribution in [1.82, 2.24) is 14.2 Å². The number of hydrogen-bond donors (Lipinski definition) is 1. The van der Waals surface area contributed by atoms with Crippen LogP contribution in [0, 0.1) is 11.3 Å². The molecule has 3 aromatic rings. The van der Waals surface area contributed by atoms with E-state index in [1.165, 1.54) is 11.8 Å². The minimum atomic E-state index is -3.16. The summed E-state index contributed by atoms with van der Waals surface area (Å²) in [6.07, 6.45) is 4.89. The highest BCUT2D eigenvalue weighted by Crippen LogP contribution is 2.33. The second-order valence-corrected chi connectivity index (χ2v) is 11.1. The summed E-state index contributed by atoms with van der Waals surface area (Å²) in [7, 11) is -3.16. The van der Waals surface area contributed by atoms with E-state index in [1.54, 1.807) is 6.07 Å². The lowest BCUT2D eigenvalue weighted by atomic mass is 10.00. The van der Waals surface area contributed by atoms with E-state index in [0.717, 1.165) is 42.5 Å². The molecule has 9 heteroatoms. The molecule has 0 amide bonds. The molecule has 1 unspecified atom stereocenters. The molecule has 0 aliphatic carbocycles. The number of hydrogen-bond acceptors (Lipinski definition) is 5. The van der Waals surface area contributed by atoms with Crippen LogP contribution in [-0.4, -0.2) is 55.9 Å². The number of nitrogens with one attached hydrogen (secondary N) is 1. The van der Waals surface area contributed by atoms with Crippen LogP contribution in [-0.2, 0) is 16.4 Å². The molecule has 180 valence electrons. The first-order valence-electron chi connectivity index (χ1n) is 11.4. The Morgan fingerprint density at radius 3 is 2.71 bits per heavy atom.